The number of thioether (sulfide) groups is 2. The van der Waals surface area contributed by atoms with E-state index >= 15 is 0 Å². The number of nitrogens with two attached hydrogens (primary N) is 1. The Morgan fingerprint density at radius 2 is 2.28 bits per heavy atom. The highest BCUT2D eigenvalue weighted by molar-refractivity contribution is 8.08. The Bertz CT molecular complexity index is 897. The number of rotatable bonds is 8. The lowest BCUT2D eigenvalue weighted by atomic mass is 10.0. The smallest absolute Gasteiger partial charge is 0.353 e. The van der Waals surface area contributed by atoms with Crippen molar-refractivity contribution in [2.24, 2.45) is 10.9 Å². The molecular formula is C17H18N4O5S3. The van der Waals surface area contributed by atoms with Crippen LogP contribution in [0.5, 0.6) is 0 Å². The number of carbonyl (C=O) groups excluding carboxylic acids is 2. The van der Waals surface area contributed by atoms with Crippen LogP contribution >= 0.6 is 34.9 Å². The highest BCUT2D eigenvalue weighted by atomic mass is 32.2. The number of carboxylic acids is 1. The third-order valence-electron chi connectivity index (χ3n) is 4.21. The van der Waals surface area contributed by atoms with Crippen molar-refractivity contribution in [3.63, 3.8) is 0 Å². The molecule has 1 unspecified atom stereocenters. The normalized spacial score (nSPS) is 21.9. The fourth-order valence-corrected chi connectivity index (χ4v) is 5.92. The van der Waals surface area contributed by atoms with E-state index in [-0.39, 0.29) is 24.6 Å². The first-order valence-corrected chi connectivity index (χ1v) is 11.3. The predicted octanol–water partition coefficient (Wildman–Crippen LogP) is 1.02. The van der Waals surface area contributed by atoms with Crippen LogP contribution in [-0.4, -0.2) is 62.9 Å². The molecule has 29 heavy (non-hydrogen) atoms. The molecule has 0 spiro atoms. The average Bonchev–Trinajstić information content (AvgIpc) is 3.21. The molecular weight excluding hydrogens is 436 g/mol. The number of amides is 2. The van der Waals surface area contributed by atoms with Crippen molar-refractivity contribution in [1.82, 2.24) is 10.2 Å². The number of β-lactam (4-membered cyclic amide) rings is 1. The van der Waals surface area contributed by atoms with Crippen LogP contribution in [0, 0.1) is 0 Å². The molecule has 9 nitrogen and oxygen atoms in total. The molecule has 1 saturated heterocycles. The second-order valence-electron chi connectivity index (χ2n) is 6.10. The van der Waals surface area contributed by atoms with Crippen molar-refractivity contribution >= 4 is 58.9 Å². The van der Waals surface area contributed by atoms with Crippen molar-refractivity contribution in [2.45, 2.75) is 17.8 Å². The van der Waals surface area contributed by atoms with Crippen LogP contribution in [0.15, 0.2) is 43.6 Å². The summed E-state index contributed by atoms with van der Waals surface area (Å²) < 4.78 is 0. The quantitative estimate of drug-likeness (QED) is 0.197. The molecule has 0 aromatic carbocycles. The summed E-state index contributed by atoms with van der Waals surface area (Å²) in [7, 11) is 0. The number of aliphatic carboxylic acids is 1. The Morgan fingerprint density at radius 1 is 1.48 bits per heavy atom. The van der Waals surface area contributed by atoms with Crippen molar-refractivity contribution in [1.29, 1.82) is 0 Å². The first-order chi connectivity index (χ1) is 14.0. The van der Waals surface area contributed by atoms with Crippen molar-refractivity contribution in [3.8, 4) is 0 Å². The molecule has 1 fully saturated rings. The molecule has 3 rings (SSSR count). The summed E-state index contributed by atoms with van der Waals surface area (Å²) in [6.07, 6.45) is 1.34. The lowest BCUT2D eigenvalue weighted by molar-refractivity contribution is -0.150. The number of carboxylic acid groups (broad SMARTS) is 1. The molecule has 3 heterocycles. The van der Waals surface area contributed by atoms with E-state index in [1.54, 1.807) is 5.41 Å². The molecule has 0 radical (unpaired) electrons. The standard InChI is InChI=1S/C17H18N4O5S3/c18-4-10(5-19-26)7-28-11-8-29-16-13(15(23)21(16)14(11)17(24)25)20-12(22)3-9-1-2-27-6-9/h1-2,5-7,13,16,26H,3-4,8,18H2,(H,20,22)(H,24,25)/b10-7-,19-5+/t13?,16-/m1/s1. The molecule has 2 aliphatic rings. The maximum absolute atomic E-state index is 12.6. The maximum Gasteiger partial charge on any atom is 0.353 e. The van der Waals surface area contributed by atoms with Gasteiger partial charge in [-0.05, 0) is 33.4 Å². The van der Waals surface area contributed by atoms with Crippen LogP contribution < -0.4 is 11.1 Å². The van der Waals surface area contributed by atoms with Crippen molar-refractivity contribution < 1.29 is 24.7 Å². The molecule has 0 saturated carbocycles. The minimum Gasteiger partial charge on any atom is -0.477 e. The third-order valence-corrected chi connectivity index (χ3v) is 7.45. The summed E-state index contributed by atoms with van der Waals surface area (Å²) in [5.74, 6) is -1.58. The zero-order valence-electron chi connectivity index (χ0n) is 15.0. The molecule has 2 amide bonds. The molecule has 0 aliphatic carbocycles. The minimum atomic E-state index is -1.22. The van der Waals surface area contributed by atoms with Crippen LogP contribution in [0.1, 0.15) is 5.56 Å². The molecule has 0 bridgehead atoms. The average molecular weight is 455 g/mol. The van der Waals surface area contributed by atoms with Crippen LogP contribution in [0.2, 0.25) is 0 Å². The number of nitrogens with one attached hydrogen (secondary N) is 1. The Balaban J connectivity index is 1.72. The number of fused-ring (bicyclic) bond motifs is 1. The van der Waals surface area contributed by atoms with E-state index in [1.807, 2.05) is 16.8 Å². The number of carbonyl (C=O) groups is 3. The Kier molecular flexibility index (Phi) is 7.00. The van der Waals surface area contributed by atoms with Gasteiger partial charge in [0.05, 0.1) is 12.6 Å². The van der Waals surface area contributed by atoms with E-state index in [0.717, 1.165) is 17.3 Å². The molecule has 5 N–H and O–H groups in total. The van der Waals surface area contributed by atoms with Gasteiger partial charge in [0.2, 0.25) is 5.91 Å². The molecule has 1 aromatic heterocycles. The largest absolute Gasteiger partial charge is 0.477 e. The molecule has 12 heteroatoms. The third kappa shape index (κ3) is 4.66. The summed E-state index contributed by atoms with van der Waals surface area (Å²) in [5.41, 5.74) is 6.82. The summed E-state index contributed by atoms with van der Waals surface area (Å²) >= 11 is 3.99. The second kappa shape index (κ2) is 9.48. The van der Waals surface area contributed by atoms with Crippen LogP contribution in [-0.2, 0) is 20.8 Å². The minimum absolute atomic E-state index is 0.0966. The number of oxime groups is 1. The van der Waals surface area contributed by atoms with Gasteiger partial charge >= 0.3 is 5.97 Å². The Hall–Kier alpha value is -2.28. The molecule has 2 aliphatic heterocycles. The van der Waals surface area contributed by atoms with Gasteiger partial charge in [0.1, 0.15) is 17.1 Å². The number of hydrogen-bond acceptors (Lipinski definition) is 9. The van der Waals surface area contributed by atoms with E-state index in [0.29, 0.717) is 16.2 Å². The zero-order valence-corrected chi connectivity index (χ0v) is 17.4. The van der Waals surface area contributed by atoms with Crippen molar-refractivity contribution in [3.05, 3.63) is 44.0 Å². The summed E-state index contributed by atoms with van der Waals surface area (Å²) in [4.78, 5) is 38.3. The number of nitrogens with zero attached hydrogens (tertiary/aromatic N) is 2. The van der Waals surface area contributed by atoms with Crippen LogP contribution in [0.25, 0.3) is 0 Å². The van der Waals surface area contributed by atoms with E-state index in [2.05, 4.69) is 10.5 Å². The lowest BCUT2D eigenvalue weighted by Crippen LogP contribution is -2.70. The summed E-state index contributed by atoms with van der Waals surface area (Å²) in [6, 6.07) is 1.09. The second-order valence-corrected chi connectivity index (χ2v) is 8.95. The van der Waals surface area contributed by atoms with E-state index < -0.39 is 23.3 Å². The highest BCUT2D eigenvalue weighted by Gasteiger charge is 2.54. The van der Waals surface area contributed by atoms with Gasteiger partial charge in [-0.25, -0.2) is 4.79 Å². The fraction of sp³-hybridized carbons (Fsp3) is 0.294. The van der Waals surface area contributed by atoms with Crippen LogP contribution in [0.4, 0.5) is 0 Å². The molecule has 154 valence electrons. The monoisotopic (exact) mass is 454 g/mol. The predicted molar refractivity (Wildman–Crippen MR) is 113 cm³/mol. The van der Waals surface area contributed by atoms with Gasteiger partial charge in [0.25, 0.3) is 5.91 Å². The van der Waals surface area contributed by atoms with Gasteiger partial charge in [-0.1, -0.05) is 16.9 Å². The van der Waals surface area contributed by atoms with Crippen molar-refractivity contribution in [2.75, 3.05) is 12.3 Å². The Morgan fingerprint density at radius 3 is 2.90 bits per heavy atom. The SMILES string of the molecule is NCC(=C/SC1=C(C(=O)O)N2C(=O)C(NC(=O)Cc3ccsc3)[C@H]2SC1)/C=N/O. The summed E-state index contributed by atoms with van der Waals surface area (Å²) in [5, 5.41) is 28.7. The zero-order chi connectivity index (χ0) is 21.0. The topological polar surface area (TPSA) is 145 Å². The van der Waals surface area contributed by atoms with Gasteiger partial charge in [-0.2, -0.15) is 11.3 Å². The van der Waals surface area contributed by atoms with E-state index in [1.165, 1.54) is 34.2 Å². The first kappa shape index (κ1) is 21.4. The van der Waals surface area contributed by atoms with E-state index in [9.17, 15) is 19.5 Å². The fourth-order valence-electron chi connectivity index (χ4n) is 2.84. The van der Waals surface area contributed by atoms with Gasteiger partial charge in [-0.15, -0.1) is 11.8 Å². The summed E-state index contributed by atoms with van der Waals surface area (Å²) in [6.45, 7) is 0.114. The van der Waals surface area contributed by atoms with Crippen LogP contribution in [0.3, 0.4) is 0 Å². The lowest BCUT2D eigenvalue weighted by Gasteiger charge is -2.49. The molecule has 1 aromatic rings. The Labute approximate surface area is 178 Å². The van der Waals surface area contributed by atoms with Gasteiger partial charge in [-0.3, -0.25) is 14.5 Å². The molecule has 2 atom stereocenters. The maximum atomic E-state index is 12.6. The highest BCUT2D eigenvalue weighted by Crippen LogP contribution is 2.43. The number of hydrogen-bond donors (Lipinski definition) is 4. The van der Waals surface area contributed by atoms with E-state index in [4.69, 9.17) is 10.9 Å². The van der Waals surface area contributed by atoms with Gasteiger partial charge in [0.15, 0.2) is 0 Å². The van der Waals surface area contributed by atoms with Gasteiger partial charge in [0, 0.05) is 17.2 Å². The number of thiophene rings is 1. The van der Waals surface area contributed by atoms with Gasteiger partial charge < -0.3 is 21.4 Å². The first-order valence-electron chi connectivity index (χ1n) is 8.41.